The normalized spacial score (nSPS) is 12.2. The molecule has 6 aromatic carbocycles. The van der Waals surface area contributed by atoms with Gasteiger partial charge in [0.25, 0.3) is 6.71 Å². The molecule has 0 amide bonds. The Labute approximate surface area is 316 Å². The summed E-state index contributed by atoms with van der Waals surface area (Å²) in [6.07, 6.45) is 6.08. The molecular weight excluding hydrogens is 661 g/mol. The minimum absolute atomic E-state index is 0.275. The maximum Gasteiger partial charge on any atom is 0.270 e. The summed E-state index contributed by atoms with van der Waals surface area (Å²) in [6, 6.07) is 64.5. The molecule has 0 bridgehead atoms. The number of benzene rings is 6. The monoisotopic (exact) mass is 697 g/mol. The van der Waals surface area contributed by atoms with Crippen LogP contribution >= 0.6 is 0 Å². The molecule has 7 heteroatoms. The number of rotatable bonds is 10. The van der Waals surface area contributed by atoms with Crippen molar-refractivity contribution in [3.8, 4) is 39.7 Å². The summed E-state index contributed by atoms with van der Waals surface area (Å²) in [5, 5.41) is 5.41. The Kier molecular flexibility index (Phi) is 9.01. The molecule has 8 aromatic rings. The van der Waals surface area contributed by atoms with Crippen molar-refractivity contribution < 1.29 is 4.74 Å². The predicted octanol–water partition coefficient (Wildman–Crippen LogP) is 8.67. The fraction of sp³-hybridized carbons (Fsp3) is 0.0213. The maximum atomic E-state index is 6.65. The van der Waals surface area contributed by atoms with Gasteiger partial charge in [-0.25, -0.2) is 4.68 Å². The molecule has 1 aliphatic rings. The van der Waals surface area contributed by atoms with Gasteiger partial charge in [-0.15, -0.1) is 0 Å². The van der Waals surface area contributed by atoms with Gasteiger partial charge in [-0.1, -0.05) is 127 Å². The lowest BCUT2D eigenvalue weighted by Gasteiger charge is -2.22. The summed E-state index contributed by atoms with van der Waals surface area (Å²) >= 11 is 0. The highest BCUT2D eigenvalue weighted by molar-refractivity contribution is 6.96. The molecular formula is C47H36BN5O. The molecule has 9 rings (SSSR count). The van der Waals surface area contributed by atoms with E-state index >= 15 is 0 Å². The van der Waals surface area contributed by atoms with E-state index in [0.29, 0.717) is 0 Å². The fourth-order valence-electron chi connectivity index (χ4n) is 7.17. The largest absolute Gasteiger partial charge is 0.457 e. The van der Waals surface area contributed by atoms with Gasteiger partial charge < -0.3 is 14.5 Å². The Morgan fingerprint density at radius 1 is 0.500 bits per heavy atom. The van der Waals surface area contributed by atoms with E-state index in [4.69, 9.17) is 14.8 Å². The van der Waals surface area contributed by atoms with E-state index in [1.807, 2.05) is 48.7 Å². The van der Waals surface area contributed by atoms with Crippen LogP contribution in [0.4, 0.5) is 11.4 Å². The second kappa shape index (κ2) is 14.9. The first-order chi connectivity index (χ1) is 26.8. The zero-order chi connectivity index (χ0) is 36.1. The van der Waals surface area contributed by atoms with Crippen molar-refractivity contribution in [2.45, 2.75) is 0 Å². The van der Waals surface area contributed by atoms with Crippen LogP contribution < -0.4 is 31.1 Å². The summed E-state index contributed by atoms with van der Waals surface area (Å²) in [6.45, 7) is 0.446. The Bertz CT molecular complexity index is 2510. The lowest BCUT2D eigenvalue weighted by atomic mass is 9.37. The summed E-state index contributed by atoms with van der Waals surface area (Å²) in [5.41, 5.74) is 10.2. The molecule has 2 aromatic heterocycles. The smallest absolute Gasteiger partial charge is 0.270 e. The molecule has 0 saturated heterocycles. The number of pyridine rings is 1. The number of anilines is 2. The molecule has 0 atom stereocenters. The van der Waals surface area contributed by atoms with Crippen molar-refractivity contribution in [2.75, 3.05) is 16.5 Å². The van der Waals surface area contributed by atoms with Crippen LogP contribution in [0.5, 0.6) is 11.5 Å². The number of para-hydroxylation sites is 2. The van der Waals surface area contributed by atoms with Crippen LogP contribution in [-0.2, 0) is 0 Å². The van der Waals surface area contributed by atoms with Crippen LogP contribution in [0.15, 0.2) is 207 Å². The van der Waals surface area contributed by atoms with E-state index in [2.05, 4.69) is 172 Å². The minimum atomic E-state index is -0.275. The third-order valence-electron chi connectivity index (χ3n) is 9.68. The molecule has 1 aliphatic heterocycles. The lowest BCUT2D eigenvalue weighted by Crippen LogP contribution is -2.54. The third kappa shape index (κ3) is 6.66. The van der Waals surface area contributed by atoms with E-state index in [9.17, 15) is 0 Å². The number of ether oxygens (including phenoxy) is 1. The summed E-state index contributed by atoms with van der Waals surface area (Å²) in [4.78, 5) is 9.43. The van der Waals surface area contributed by atoms with E-state index in [-0.39, 0.29) is 6.71 Å². The number of aromatic nitrogens is 3. The van der Waals surface area contributed by atoms with E-state index < -0.39 is 0 Å². The third-order valence-corrected chi connectivity index (χ3v) is 9.68. The Balaban J connectivity index is 1.14. The van der Waals surface area contributed by atoms with Crippen LogP contribution in [0.1, 0.15) is 0 Å². The van der Waals surface area contributed by atoms with Crippen molar-refractivity contribution in [2.24, 2.45) is 0 Å². The van der Waals surface area contributed by atoms with Crippen molar-refractivity contribution in [3.05, 3.63) is 207 Å². The first-order valence-corrected chi connectivity index (χ1v) is 18.1. The average molecular weight is 698 g/mol. The van der Waals surface area contributed by atoms with Crippen LogP contribution in [0.3, 0.4) is 0 Å². The molecule has 0 saturated carbocycles. The second-order valence-corrected chi connectivity index (χ2v) is 13.2. The Morgan fingerprint density at radius 3 is 1.76 bits per heavy atom. The molecule has 0 fully saturated rings. The highest BCUT2D eigenvalue weighted by Crippen LogP contribution is 2.31. The molecule has 0 spiro atoms. The van der Waals surface area contributed by atoms with Gasteiger partial charge in [0.1, 0.15) is 11.5 Å². The van der Waals surface area contributed by atoms with E-state index in [1.54, 1.807) is 0 Å². The Morgan fingerprint density at radius 2 is 1.07 bits per heavy atom. The topological polar surface area (TPSA) is 46.4 Å². The van der Waals surface area contributed by atoms with E-state index in [0.717, 1.165) is 74.3 Å². The molecule has 54 heavy (non-hydrogen) atoms. The minimum Gasteiger partial charge on any atom is -0.457 e. The van der Waals surface area contributed by atoms with Gasteiger partial charge in [-0.2, -0.15) is 5.10 Å². The predicted molar refractivity (Wildman–Crippen MR) is 222 cm³/mol. The average Bonchev–Trinajstić information content (AvgIpc) is 3.90. The molecule has 0 radical (unpaired) electrons. The van der Waals surface area contributed by atoms with Crippen molar-refractivity contribution >= 4 is 34.6 Å². The molecule has 0 unspecified atom stereocenters. The number of nitrogens with zero attached hydrogens (tertiary/aromatic N) is 5. The molecule has 0 aliphatic carbocycles. The zero-order valence-corrected chi connectivity index (χ0v) is 29.6. The number of hydrogen-bond acceptors (Lipinski definition) is 5. The molecule has 3 heterocycles. The quantitative estimate of drug-likeness (QED) is 0.134. The highest BCUT2D eigenvalue weighted by Gasteiger charge is 2.34. The van der Waals surface area contributed by atoms with Gasteiger partial charge in [0.2, 0.25) is 0 Å². The summed E-state index contributed by atoms with van der Waals surface area (Å²) < 4.78 is 8.74. The van der Waals surface area contributed by atoms with Gasteiger partial charge in [-0.3, -0.25) is 4.98 Å². The first-order valence-electron chi connectivity index (χ1n) is 18.1. The van der Waals surface area contributed by atoms with Gasteiger partial charge >= 0.3 is 0 Å². The molecule has 6 nitrogen and oxygen atoms in total. The van der Waals surface area contributed by atoms with Crippen LogP contribution in [-0.4, -0.2) is 28.1 Å². The standard InChI is InChI=1S/C47H36BN5O/c1-5-17-36(18-6-1)46-45(47(37-19-7-2-8-20-37)53(50-46)40-24-11-4-12-25-40)48(44-29-13-14-30-49-44)38-21-15-27-42(33-38)54-43-28-16-26-41(34-43)52-32-31-51(35-52)39-22-9-3-10-23-39/h1-34H,35H2. The lowest BCUT2D eigenvalue weighted by molar-refractivity contribution is 0.483. The first kappa shape index (κ1) is 32.8. The fourth-order valence-corrected chi connectivity index (χ4v) is 7.17. The SMILES string of the molecule is C1=CN(c2cccc(Oc3cccc(B(c4ccccn4)c4c(-c5ccccc5)nn(-c5ccccc5)c4-c4ccccc4)c3)c2)CN1c1ccccc1. The van der Waals surface area contributed by atoms with E-state index in [1.165, 1.54) is 0 Å². The van der Waals surface area contributed by atoms with Gasteiger partial charge in [0.05, 0.1) is 23.7 Å². The number of hydrogen-bond donors (Lipinski definition) is 0. The van der Waals surface area contributed by atoms with Crippen molar-refractivity contribution in [1.29, 1.82) is 0 Å². The highest BCUT2D eigenvalue weighted by atomic mass is 16.5. The zero-order valence-electron chi connectivity index (χ0n) is 29.6. The summed E-state index contributed by atoms with van der Waals surface area (Å²) in [5.74, 6) is 1.50. The molecule has 0 N–H and O–H groups in total. The maximum absolute atomic E-state index is 6.65. The van der Waals surface area contributed by atoms with Crippen molar-refractivity contribution in [1.82, 2.24) is 14.8 Å². The van der Waals surface area contributed by atoms with Crippen LogP contribution in [0.2, 0.25) is 0 Å². The second-order valence-electron chi connectivity index (χ2n) is 13.2. The Hall–Kier alpha value is -7.12. The van der Waals surface area contributed by atoms with Crippen molar-refractivity contribution in [3.63, 3.8) is 0 Å². The van der Waals surface area contributed by atoms with Crippen LogP contribution in [0.25, 0.3) is 28.2 Å². The van der Waals surface area contributed by atoms with Crippen LogP contribution in [0, 0.1) is 0 Å². The molecule has 258 valence electrons. The van der Waals surface area contributed by atoms with Gasteiger partial charge in [0.15, 0.2) is 0 Å². The summed E-state index contributed by atoms with van der Waals surface area (Å²) in [7, 11) is 0. The van der Waals surface area contributed by atoms with Gasteiger partial charge in [0, 0.05) is 47.2 Å². The van der Waals surface area contributed by atoms with Gasteiger partial charge in [-0.05, 0) is 71.7 Å².